The molecule has 1 saturated carbocycles. The van der Waals surface area contributed by atoms with Gasteiger partial charge in [0, 0.05) is 55.1 Å². The molecule has 26 heavy (non-hydrogen) atoms. The lowest BCUT2D eigenvalue weighted by molar-refractivity contribution is 0.0678. The van der Waals surface area contributed by atoms with Crippen LogP contribution >= 0.6 is 0 Å². The normalized spacial score (nSPS) is 30.7. The van der Waals surface area contributed by atoms with Crippen LogP contribution < -0.4 is 5.32 Å². The highest BCUT2D eigenvalue weighted by molar-refractivity contribution is 5.11. The van der Waals surface area contributed by atoms with E-state index in [-0.39, 0.29) is 29.9 Å². The summed E-state index contributed by atoms with van der Waals surface area (Å²) in [6.45, 7) is 7.92. The average Bonchev–Trinajstić information content (AvgIpc) is 2.89. The van der Waals surface area contributed by atoms with E-state index in [1.165, 1.54) is 0 Å². The fourth-order valence-electron chi connectivity index (χ4n) is 4.22. The minimum Gasteiger partial charge on any atom is -0.396 e. The van der Waals surface area contributed by atoms with E-state index >= 15 is 0 Å². The van der Waals surface area contributed by atoms with E-state index in [4.69, 9.17) is 9.72 Å². The van der Waals surface area contributed by atoms with Crippen molar-refractivity contribution in [3.8, 4) is 0 Å². The maximum atomic E-state index is 10.5. The minimum absolute atomic E-state index is 0.00893. The van der Waals surface area contributed by atoms with Crippen molar-refractivity contribution >= 4 is 0 Å². The highest BCUT2D eigenvalue weighted by Gasteiger charge is 2.43. The SMILES string of the molecule is CC(C)(C)c1nccc(C[C@@H]2[C@@H](CO)[C@H](O)C[C@H]2NC2CCOCC2)n1. The zero-order valence-corrected chi connectivity index (χ0v) is 16.2. The van der Waals surface area contributed by atoms with Crippen molar-refractivity contribution in [3.63, 3.8) is 0 Å². The van der Waals surface area contributed by atoms with Crippen LogP contribution in [0.2, 0.25) is 0 Å². The Labute approximate surface area is 156 Å². The Morgan fingerprint density at radius 2 is 1.96 bits per heavy atom. The van der Waals surface area contributed by atoms with Crippen molar-refractivity contribution in [1.29, 1.82) is 0 Å². The molecule has 3 N–H and O–H groups in total. The molecule has 6 nitrogen and oxygen atoms in total. The fourth-order valence-corrected chi connectivity index (χ4v) is 4.22. The summed E-state index contributed by atoms with van der Waals surface area (Å²) in [5.74, 6) is 0.893. The number of aliphatic hydroxyl groups is 2. The van der Waals surface area contributed by atoms with Crippen molar-refractivity contribution in [3.05, 3.63) is 23.8 Å². The first-order chi connectivity index (χ1) is 12.4. The second kappa shape index (κ2) is 8.30. The number of hydrogen-bond acceptors (Lipinski definition) is 6. The first-order valence-corrected chi connectivity index (χ1v) is 9.83. The van der Waals surface area contributed by atoms with Gasteiger partial charge in [-0.2, -0.15) is 0 Å². The zero-order chi connectivity index (χ0) is 18.7. The molecule has 1 saturated heterocycles. The van der Waals surface area contributed by atoms with E-state index < -0.39 is 6.10 Å². The third-order valence-corrected chi connectivity index (χ3v) is 5.77. The molecule has 0 spiro atoms. The molecule has 6 heteroatoms. The molecule has 0 bridgehead atoms. The molecule has 0 aromatic carbocycles. The number of ether oxygens (including phenoxy) is 1. The summed E-state index contributed by atoms with van der Waals surface area (Å²) in [5.41, 5.74) is 0.891. The van der Waals surface area contributed by atoms with Gasteiger partial charge in [-0.1, -0.05) is 20.8 Å². The van der Waals surface area contributed by atoms with Gasteiger partial charge >= 0.3 is 0 Å². The van der Waals surface area contributed by atoms with Crippen molar-refractivity contribution in [1.82, 2.24) is 15.3 Å². The monoisotopic (exact) mass is 363 g/mol. The first-order valence-electron chi connectivity index (χ1n) is 9.83. The quantitative estimate of drug-likeness (QED) is 0.734. The van der Waals surface area contributed by atoms with Crippen LogP contribution in [0.3, 0.4) is 0 Å². The number of aliphatic hydroxyl groups excluding tert-OH is 2. The predicted molar refractivity (Wildman–Crippen MR) is 99.9 cm³/mol. The Hall–Kier alpha value is -1.08. The third kappa shape index (κ3) is 4.60. The Balaban J connectivity index is 1.75. The van der Waals surface area contributed by atoms with Gasteiger partial charge < -0.3 is 20.3 Å². The summed E-state index contributed by atoms with van der Waals surface area (Å²) >= 11 is 0. The van der Waals surface area contributed by atoms with Gasteiger partial charge in [0.1, 0.15) is 5.82 Å². The van der Waals surface area contributed by atoms with Crippen LogP contribution in [0.5, 0.6) is 0 Å². The lowest BCUT2D eigenvalue weighted by atomic mass is 9.88. The van der Waals surface area contributed by atoms with Crippen LogP contribution in [-0.4, -0.2) is 58.2 Å². The first kappa shape index (κ1) is 19.7. The van der Waals surface area contributed by atoms with Gasteiger partial charge in [0.05, 0.1) is 6.10 Å². The fraction of sp³-hybridized carbons (Fsp3) is 0.800. The van der Waals surface area contributed by atoms with E-state index in [9.17, 15) is 10.2 Å². The van der Waals surface area contributed by atoms with Crippen LogP contribution in [0.1, 0.15) is 51.6 Å². The summed E-state index contributed by atoms with van der Waals surface area (Å²) in [6, 6.07) is 2.58. The molecule has 2 fully saturated rings. The summed E-state index contributed by atoms with van der Waals surface area (Å²) in [6.07, 6.45) is 4.80. The molecule has 1 aliphatic heterocycles. The molecule has 4 atom stereocenters. The molecule has 0 unspecified atom stereocenters. The Bertz CT molecular complexity index is 584. The van der Waals surface area contributed by atoms with Crippen molar-refractivity contribution in [2.75, 3.05) is 19.8 Å². The zero-order valence-electron chi connectivity index (χ0n) is 16.2. The van der Waals surface area contributed by atoms with E-state index in [1.54, 1.807) is 0 Å². The van der Waals surface area contributed by atoms with Gasteiger partial charge in [0.15, 0.2) is 0 Å². The Morgan fingerprint density at radius 3 is 2.62 bits per heavy atom. The van der Waals surface area contributed by atoms with Crippen molar-refractivity contribution in [2.45, 2.75) is 70.1 Å². The molecule has 2 aliphatic rings. The van der Waals surface area contributed by atoms with E-state index in [1.807, 2.05) is 12.3 Å². The summed E-state index contributed by atoms with van der Waals surface area (Å²) in [4.78, 5) is 9.17. The molecular weight excluding hydrogens is 330 g/mol. The molecule has 146 valence electrons. The molecule has 3 rings (SSSR count). The number of nitrogens with zero attached hydrogens (tertiary/aromatic N) is 2. The maximum absolute atomic E-state index is 10.5. The lowest BCUT2D eigenvalue weighted by Gasteiger charge is -2.31. The van der Waals surface area contributed by atoms with Crippen LogP contribution in [0, 0.1) is 11.8 Å². The van der Waals surface area contributed by atoms with Gasteiger partial charge in [-0.15, -0.1) is 0 Å². The Kier molecular flexibility index (Phi) is 6.28. The second-order valence-corrected chi connectivity index (χ2v) is 8.80. The van der Waals surface area contributed by atoms with Crippen LogP contribution in [0.25, 0.3) is 0 Å². The summed E-state index contributed by atoms with van der Waals surface area (Å²) in [7, 11) is 0. The molecular formula is C20H33N3O3. The van der Waals surface area contributed by atoms with Gasteiger partial charge in [-0.3, -0.25) is 0 Å². The highest BCUT2D eigenvalue weighted by Crippen LogP contribution is 2.35. The molecule has 1 aliphatic carbocycles. The van der Waals surface area contributed by atoms with Gasteiger partial charge in [-0.05, 0) is 37.7 Å². The lowest BCUT2D eigenvalue weighted by Crippen LogP contribution is -2.44. The van der Waals surface area contributed by atoms with Gasteiger partial charge in [-0.25, -0.2) is 9.97 Å². The van der Waals surface area contributed by atoms with Crippen molar-refractivity contribution in [2.24, 2.45) is 11.8 Å². The second-order valence-electron chi connectivity index (χ2n) is 8.80. The molecule has 1 aromatic heterocycles. The van der Waals surface area contributed by atoms with E-state index in [0.29, 0.717) is 12.5 Å². The van der Waals surface area contributed by atoms with Crippen LogP contribution in [0.4, 0.5) is 0 Å². The van der Waals surface area contributed by atoms with Gasteiger partial charge in [0.2, 0.25) is 0 Å². The molecule has 2 heterocycles. The van der Waals surface area contributed by atoms with Crippen LogP contribution in [0.15, 0.2) is 12.3 Å². The molecule has 0 amide bonds. The van der Waals surface area contributed by atoms with Crippen molar-refractivity contribution < 1.29 is 14.9 Å². The number of hydrogen-bond donors (Lipinski definition) is 3. The van der Waals surface area contributed by atoms with E-state index in [2.05, 4.69) is 31.1 Å². The van der Waals surface area contributed by atoms with Crippen LogP contribution in [-0.2, 0) is 16.6 Å². The minimum atomic E-state index is -0.466. The maximum Gasteiger partial charge on any atom is 0.133 e. The van der Waals surface area contributed by atoms with Gasteiger partial charge in [0.25, 0.3) is 0 Å². The Morgan fingerprint density at radius 1 is 1.23 bits per heavy atom. The standard InChI is InChI=1S/C20H33N3O3/c1-20(2,3)19-21-7-4-14(23-19)10-15-16(12-24)18(25)11-17(15)22-13-5-8-26-9-6-13/h4,7,13,15-18,22,24-25H,5-6,8-12H2,1-3H3/t15-,16-,17-,18-/m1/s1. The smallest absolute Gasteiger partial charge is 0.133 e. The molecule has 0 radical (unpaired) electrons. The number of aromatic nitrogens is 2. The summed E-state index contributed by atoms with van der Waals surface area (Å²) < 4.78 is 5.45. The largest absolute Gasteiger partial charge is 0.396 e. The third-order valence-electron chi connectivity index (χ3n) is 5.77. The topological polar surface area (TPSA) is 87.5 Å². The highest BCUT2D eigenvalue weighted by atomic mass is 16.5. The average molecular weight is 364 g/mol. The number of nitrogens with one attached hydrogen (secondary N) is 1. The number of rotatable bonds is 5. The predicted octanol–water partition coefficient (Wildman–Crippen LogP) is 1.44. The molecule has 1 aromatic rings. The van der Waals surface area contributed by atoms with E-state index in [0.717, 1.165) is 44.0 Å². The summed E-state index contributed by atoms with van der Waals surface area (Å²) in [5, 5.41) is 24.0.